The Kier molecular flexibility index (Phi) is 3.97. The third-order valence-electron chi connectivity index (χ3n) is 5.45. The smallest absolute Gasteiger partial charge is 0.146 e. The number of nitrogen functional groups attached to an aromatic ring is 1. The summed E-state index contributed by atoms with van der Waals surface area (Å²) in [7, 11) is 0. The maximum atomic E-state index is 8.69. The van der Waals surface area contributed by atoms with Gasteiger partial charge in [-0.3, -0.25) is 5.41 Å². The maximum absolute atomic E-state index is 8.69. The summed E-state index contributed by atoms with van der Waals surface area (Å²) in [6.07, 6.45) is 5.15. The second kappa shape index (κ2) is 6.54. The standard InChI is InChI=1S/C20H22N8O/c1-20(4-5-20)29-13-2-3-15(21)14(8-13)19(22)16-9-17(24-11-23-16)27-6-7-28-18(10-27)25-12-26-28/h2-3,8-9,11-12,22H,4-7,10,21H2,1H3. The number of aromatic nitrogens is 5. The Morgan fingerprint density at radius 1 is 1.14 bits per heavy atom. The van der Waals surface area contributed by atoms with Gasteiger partial charge in [0.1, 0.15) is 35.6 Å². The maximum Gasteiger partial charge on any atom is 0.146 e. The van der Waals surface area contributed by atoms with Crippen LogP contribution in [-0.2, 0) is 13.1 Å². The van der Waals surface area contributed by atoms with Crippen LogP contribution in [0, 0.1) is 5.41 Å². The number of fused-ring (bicyclic) bond motifs is 1. The SMILES string of the molecule is CC1(Oc2ccc(N)c(C(=N)c3cc(N4CCn5ncnc5C4)ncn3)c2)CC1. The monoisotopic (exact) mass is 390 g/mol. The number of hydrogen-bond donors (Lipinski definition) is 2. The van der Waals surface area contributed by atoms with E-state index in [0.29, 0.717) is 23.5 Å². The first-order chi connectivity index (χ1) is 14.0. The molecule has 3 heterocycles. The molecule has 9 heteroatoms. The first-order valence-corrected chi connectivity index (χ1v) is 9.62. The molecule has 1 aliphatic heterocycles. The van der Waals surface area contributed by atoms with Gasteiger partial charge < -0.3 is 15.4 Å². The predicted octanol–water partition coefficient (Wildman–Crippen LogP) is 2.02. The zero-order valence-corrected chi connectivity index (χ0v) is 16.2. The lowest BCUT2D eigenvalue weighted by Gasteiger charge is -2.27. The summed E-state index contributed by atoms with van der Waals surface area (Å²) < 4.78 is 7.93. The fourth-order valence-electron chi connectivity index (χ4n) is 3.43. The lowest BCUT2D eigenvalue weighted by Crippen LogP contribution is -2.35. The molecule has 3 N–H and O–H groups in total. The number of nitrogens with zero attached hydrogens (tertiary/aromatic N) is 6. The molecule has 0 amide bonds. The largest absolute Gasteiger partial charge is 0.488 e. The van der Waals surface area contributed by atoms with E-state index in [2.05, 4.69) is 31.9 Å². The molecule has 0 spiro atoms. The van der Waals surface area contributed by atoms with Gasteiger partial charge in [-0.15, -0.1) is 0 Å². The average molecular weight is 390 g/mol. The Morgan fingerprint density at radius 3 is 2.83 bits per heavy atom. The molecule has 9 nitrogen and oxygen atoms in total. The highest BCUT2D eigenvalue weighted by Gasteiger charge is 2.40. The highest BCUT2D eigenvalue weighted by molar-refractivity contribution is 6.13. The molecule has 1 fully saturated rings. The zero-order valence-electron chi connectivity index (χ0n) is 16.2. The summed E-state index contributed by atoms with van der Waals surface area (Å²) in [5.41, 5.74) is 7.96. The molecule has 3 aromatic rings. The Morgan fingerprint density at radius 2 is 2.00 bits per heavy atom. The van der Waals surface area contributed by atoms with Gasteiger partial charge in [0.2, 0.25) is 0 Å². The van der Waals surface area contributed by atoms with Crippen LogP contribution in [0.25, 0.3) is 0 Å². The van der Waals surface area contributed by atoms with E-state index in [9.17, 15) is 0 Å². The minimum Gasteiger partial charge on any atom is -0.488 e. The molecule has 2 aromatic heterocycles. The number of benzene rings is 1. The van der Waals surface area contributed by atoms with E-state index >= 15 is 0 Å². The number of rotatable bonds is 5. The van der Waals surface area contributed by atoms with Gasteiger partial charge in [0.05, 0.1) is 24.5 Å². The molecule has 1 aromatic carbocycles. The van der Waals surface area contributed by atoms with Crippen LogP contribution in [0.4, 0.5) is 11.5 Å². The van der Waals surface area contributed by atoms with Crippen molar-refractivity contribution in [2.75, 3.05) is 17.2 Å². The topological polar surface area (TPSA) is 119 Å². The van der Waals surface area contributed by atoms with E-state index in [1.165, 1.54) is 6.33 Å². The summed E-state index contributed by atoms with van der Waals surface area (Å²) in [4.78, 5) is 15.1. The Hall–Kier alpha value is -3.49. The number of ether oxygens (including phenoxy) is 1. The number of anilines is 2. The van der Waals surface area contributed by atoms with E-state index in [1.807, 2.05) is 22.9 Å². The first kappa shape index (κ1) is 17.6. The second-order valence-electron chi connectivity index (χ2n) is 7.76. The molecule has 0 radical (unpaired) electrons. The number of nitrogens with two attached hydrogens (primary N) is 1. The van der Waals surface area contributed by atoms with Crippen LogP contribution < -0.4 is 15.4 Å². The number of hydrogen-bond acceptors (Lipinski definition) is 8. The minimum atomic E-state index is -0.0908. The van der Waals surface area contributed by atoms with Crippen LogP contribution in [0.3, 0.4) is 0 Å². The molecule has 2 aliphatic rings. The molecule has 1 aliphatic carbocycles. The van der Waals surface area contributed by atoms with Crippen molar-refractivity contribution in [2.24, 2.45) is 0 Å². The van der Waals surface area contributed by atoms with Crippen LogP contribution in [0.2, 0.25) is 0 Å². The van der Waals surface area contributed by atoms with E-state index < -0.39 is 0 Å². The zero-order chi connectivity index (χ0) is 20.0. The predicted molar refractivity (Wildman–Crippen MR) is 108 cm³/mol. The molecular formula is C20H22N8O. The quantitative estimate of drug-likeness (QED) is 0.505. The summed E-state index contributed by atoms with van der Waals surface area (Å²) in [6, 6.07) is 7.28. The van der Waals surface area contributed by atoms with Crippen LogP contribution in [0.15, 0.2) is 36.9 Å². The van der Waals surface area contributed by atoms with Crippen molar-refractivity contribution in [3.63, 3.8) is 0 Å². The normalized spacial score (nSPS) is 16.9. The first-order valence-electron chi connectivity index (χ1n) is 9.62. The minimum absolute atomic E-state index is 0.0908. The van der Waals surface area contributed by atoms with E-state index in [4.69, 9.17) is 15.9 Å². The fraction of sp³-hybridized carbons (Fsp3) is 0.350. The Bertz CT molecular complexity index is 1090. The van der Waals surface area contributed by atoms with Crippen LogP contribution in [-0.4, -0.2) is 42.6 Å². The third kappa shape index (κ3) is 3.39. The lowest BCUT2D eigenvalue weighted by atomic mass is 10.0. The van der Waals surface area contributed by atoms with Crippen LogP contribution in [0.1, 0.15) is 36.8 Å². The highest BCUT2D eigenvalue weighted by atomic mass is 16.5. The molecule has 29 heavy (non-hydrogen) atoms. The second-order valence-corrected chi connectivity index (χ2v) is 7.76. The molecule has 0 saturated heterocycles. The summed E-state index contributed by atoms with van der Waals surface area (Å²) in [5.74, 6) is 2.38. The van der Waals surface area contributed by atoms with Gasteiger partial charge in [-0.25, -0.2) is 19.6 Å². The van der Waals surface area contributed by atoms with Gasteiger partial charge >= 0.3 is 0 Å². The van der Waals surface area contributed by atoms with Crippen molar-refractivity contribution in [3.05, 3.63) is 54.0 Å². The Labute approximate surface area is 168 Å². The van der Waals surface area contributed by atoms with Crippen molar-refractivity contribution in [3.8, 4) is 5.75 Å². The average Bonchev–Trinajstić information content (AvgIpc) is 3.26. The van der Waals surface area contributed by atoms with Gasteiger partial charge in [0.25, 0.3) is 0 Å². The van der Waals surface area contributed by atoms with Crippen molar-refractivity contribution in [2.45, 2.75) is 38.5 Å². The van der Waals surface area contributed by atoms with Gasteiger partial charge in [-0.05, 0) is 38.0 Å². The van der Waals surface area contributed by atoms with Gasteiger partial charge in [-0.2, -0.15) is 5.10 Å². The van der Waals surface area contributed by atoms with Gasteiger partial charge in [-0.1, -0.05) is 0 Å². The molecular weight excluding hydrogens is 368 g/mol. The van der Waals surface area contributed by atoms with E-state index in [-0.39, 0.29) is 11.3 Å². The number of nitrogens with one attached hydrogen (secondary N) is 1. The fourth-order valence-corrected chi connectivity index (χ4v) is 3.43. The molecule has 0 bridgehead atoms. The molecule has 1 saturated carbocycles. The lowest BCUT2D eigenvalue weighted by molar-refractivity contribution is 0.200. The van der Waals surface area contributed by atoms with Crippen molar-refractivity contribution < 1.29 is 4.74 Å². The highest BCUT2D eigenvalue weighted by Crippen LogP contribution is 2.40. The molecule has 5 rings (SSSR count). The van der Waals surface area contributed by atoms with Crippen LogP contribution >= 0.6 is 0 Å². The van der Waals surface area contributed by atoms with Gasteiger partial charge in [0.15, 0.2) is 0 Å². The summed E-state index contributed by atoms with van der Waals surface area (Å²) in [5, 5.41) is 12.9. The van der Waals surface area contributed by atoms with Crippen LogP contribution in [0.5, 0.6) is 5.75 Å². The summed E-state index contributed by atoms with van der Waals surface area (Å²) >= 11 is 0. The van der Waals surface area contributed by atoms with Crippen molar-refractivity contribution in [1.29, 1.82) is 5.41 Å². The van der Waals surface area contributed by atoms with E-state index in [0.717, 1.165) is 43.3 Å². The molecule has 148 valence electrons. The van der Waals surface area contributed by atoms with Gasteiger partial charge in [0, 0.05) is 23.9 Å². The van der Waals surface area contributed by atoms with E-state index in [1.54, 1.807) is 12.4 Å². The molecule has 0 atom stereocenters. The Balaban J connectivity index is 1.41. The molecule has 0 unspecified atom stereocenters. The van der Waals surface area contributed by atoms with Crippen molar-refractivity contribution >= 4 is 17.2 Å². The third-order valence-corrected chi connectivity index (χ3v) is 5.45. The van der Waals surface area contributed by atoms with Crippen molar-refractivity contribution in [1.82, 2.24) is 24.7 Å². The summed E-state index contributed by atoms with van der Waals surface area (Å²) in [6.45, 7) is 4.22.